The highest BCUT2D eigenvalue weighted by atomic mass is 16.6. The second kappa shape index (κ2) is 7.23. The van der Waals surface area contributed by atoms with E-state index in [1.807, 2.05) is 60.7 Å². The van der Waals surface area contributed by atoms with Gasteiger partial charge in [-0.3, -0.25) is 0 Å². The smallest absolute Gasteiger partial charge is 0.142 e. The van der Waals surface area contributed by atoms with Gasteiger partial charge in [-0.25, -0.2) is 0 Å². The fourth-order valence-electron chi connectivity index (χ4n) is 2.29. The maximum absolute atomic E-state index is 5.46. The highest BCUT2D eigenvalue weighted by Gasteiger charge is 2.04. The van der Waals surface area contributed by atoms with Gasteiger partial charge in [0.25, 0.3) is 0 Å². The van der Waals surface area contributed by atoms with Gasteiger partial charge >= 0.3 is 0 Å². The molecule has 0 amide bonds. The summed E-state index contributed by atoms with van der Waals surface area (Å²) in [5, 5.41) is 4.05. The summed E-state index contributed by atoms with van der Waals surface area (Å²) in [7, 11) is 0. The molecule has 0 aromatic heterocycles. The van der Waals surface area contributed by atoms with Gasteiger partial charge in [-0.15, -0.1) is 0 Å². The van der Waals surface area contributed by atoms with Crippen LogP contribution in [0.2, 0.25) is 0 Å². The summed E-state index contributed by atoms with van der Waals surface area (Å²) in [6.07, 6.45) is 1.73. The van der Waals surface area contributed by atoms with E-state index in [-0.39, 0.29) is 0 Å². The van der Waals surface area contributed by atoms with Crippen LogP contribution in [0.25, 0.3) is 11.1 Å². The first kappa shape index (κ1) is 14.1. The Hall–Kier alpha value is -2.87. The Kier molecular flexibility index (Phi) is 4.63. The van der Waals surface area contributed by atoms with Crippen LogP contribution in [0.15, 0.2) is 90.1 Å². The number of rotatable bonds is 5. The summed E-state index contributed by atoms with van der Waals surface area (Å²) in [6, 6.07) is 28.5. The third-order valence-corrected chi connectivity index (χ3v) is 3.40. The fraction of sp³-hybridized carbons (Fsp3) is 0.0500. The van der Waals surface area contributed by atoms with E-state index in [1.165, 1.54) is 11.1 Å². The standard InChI is InChI=1S/C20H17NO/c1-3-9-17(10-4-1)15-21-22-16-19-13-7-8-14-20(19)18-11-5-2-6-12-18/h1-15H,16H2. The van der Waals surface area contributed by atoms with E-state index >= 15 is 0 Å². The van der Waals surface area contributed by atoms with Crippen LogP contribution in [0.5, 0.6) is 0 Å². The van der Waals surface area contributed by atoms with Crippen molar-refractivity contribution in [3.05, 3.63) is 96.1 Å². The molecule has 3 aromatic carbocycles. The molecular weight excluding hydrogens is 270 g/mol. The summed E-state index contributed by atoms with van der Waals surface area (Å²) in [4.78, 5) is 5.46. The molecule has 0 aliphatic rings. The van der Waals surface area contributed by atoms with E-state index in [0.717, 1.165) is 11.1 Å². The lowest BCUT2D eigenvalue weighted by atomic mass is 10.0. The van der Waals surface area contributed by atoms with Crippen LogP contribution in [0.3, 0.4) is 0 Å². The Morgan fingerprint density at radius 2 is 1.36 bits per heavy atom. The lowest BCUT2D eigenvalue weighted by Gasteiger charge is -2.08. The van der Waals surface area contributed by atoms with E-state index in [2.05, 4.69) is 29.4 Å². The van der Waals surface area contributed by atoms with E-state index in [9.17, 15) is 0 Å². The van der Waals surface area contributed by atoms with E-state index in [1.54, 1.807) is 6.21 Å². The summed E-state index contributed by atoms with van der Waals surface area (Å²) in [6.45, 7) is 0.453. The van der Waals surface area contributed by atoms with Gasteiger partial charge in [0, 0.05) is 0 Å². The fourth-order valence-corrected chi connectivity index (χ4v) is 2.29. The van der Waals surface area contributed by atoms with Crippen LogP contribution in [0, 0.1) is 0 Å². The molecule has 0 spiro atoms. The molecule has 0 radical (unpaired) electrons. The molecule has 0 saturated heterocycles. The van der Waals surface area contributed by atoms with Crippen LogP contribution in [0.1, 0.15) is 11.1 Å². The molecule has 0 aliphatic heterocycles. The Balaban J connectivity index is 1.70. The third-order valence-electron chi connectivity index (χ3n) is 3.40. The van der Waals surface area contributed by atoms with Crippen molar-refractivity contribution in [2.45, 2.75) is 6.61 Å². The predicted molar refractivity (Wildman–Crippen MR) is 90.7 cm³/mol. The van der Waals surface area contributed by atoms with E-state index < -0.39 is 0 Å². The van der Waals surface area contributed by atoms with Crippen LogP contribution in [0.4, 0.5) is 0 Å². The van der Waals surface area contributed by atoms with Crippen molar-refractivity contribution in [1.82, 2.24) is 0 Å². The van der Waals surface area contributed by atoms with Gasteiger partial charge in [-0.1, -0.05) is 90.1 Å². The van der Waals surface area contributed by atoms with Crippen molar-refractivity contribution in [3.8, 4) is 11.1 Å². The first-order chi connectivity index (χ1) is 10.9. The molecular formula is C20H17NO. The van der Waals surface area contributed by atoms with E-state index in [0.29, 0.717) is 6.61 Å². The average molecular weight is 287 g/mol. The summed E-state index contributed by atoms with van der Waals surface area (Å²) >= 11 is 0. The topological polar surface area (TPSA) is 21.6 Å². The van der Waals surface area contributed by atoms with Crippen LogP contribution >= 0.6 is 0 Å². The van der Waals surface area contributed by atoms with Crippen molar-refractivity contribution >= 4 is 6.21 Å². The van der Waals surface area contributed by atoms with E-state index in [4.69, 9.17) is 4.84 Å². The minimum atomic E-state index is 0.453. The molecule has 2 nitrogen and oxygen atoms in total. The molecule has 0 fully saturated rings. The van der Waals surface area contributed by atoms with Gasteiger partial charge < -0.3 is 4.84 Å². The van der Waals surface area contributed by atoms with Crippen molar-refractivity contribution in [2.24, 2.45) is 5.16 Å². The zero-order valence-corrected chi connectivity index (χ0v) is 12.2. The molecule has 22 heavy (non-hydrogen) atoms. The summed E-state index contributed by atoms with van der Waals surface area (Å²) in [5.74, 6) is 0. The lowest BCUT2D eigenvalue weighted by Crippen LogP contribution is -1.92. The molecule has 2 heteroatoms. The second-order valence-corrected chi connectivity index (χ2v) is 4.94. The monoisotopic (exact) mass is 287 g/mol. The maximum atomic E-state index is 5.46. The number of hydrogen-bond donors (Lipinski definition) is 0. The number of benzene rings is 3. The van der Waals surface area contributed by atoms with Gasteiger partial charge in [-0.2, -0.15) is 0 Å². The maximum Gasteiger partial charge on any atom is 0.142 e. The normalized spacial score (nSPS) is 10.7. The zero-order valence-electron chi connectivity index (χ0n) is 12.2. The molecule has 0 saturated carbocycles. The molecule has 0 bridgehead atoms. The Morgan fingerprint density at radius 3 is 2.14 bits per heavy atom. The number of oxime groups is 1. The minimum absolute atomic E-state index is 0.453. The summed E-state index contributed by atoms with van der Waals surface area (Å²) < 4.78 is 0. The van der Waals surface area contributed by atoms with Crippen molar-refractivity contribution in [3.63, 3.8) is 0 Å². The molecule has 0 N–H and O–H groups in total. The first-order valence-corrected chi connectivity index (χ1v) is 7.27. The molecule has 0 heterocycles. The van der Waals surface area contributed by atoms with Crippen molar-refractivity contribution < 1.29 is 4.84 Å². The largest absolute Gasteiger partial charge is 0.391 e. The Morgan fingerprint density at radius 1 is 0.727 bits per heavy atom. The number of nitrogens with zero attached hydrogens (tertiary/aromatic N) is 1. The minimum Gasteiger partial charge on any atom is -0.391 e. The highest BCUT2D eigenvalue weighted by Crippen LogP contribution is 2.23. The molecule has 0 aliphatic carbocycles. The Bertz CT molecular complexity index is 736. The van der Waals surface area contributed by atoms with Gasteiger partial charge in [0.1, 0.15) is 6.61 Å². The predicted octanol–water partition coefficient (Wildman–Crippen LogP) is 4.90. The van der Waals surface area contributed by atoms with Crippen LogP contribution in [-0.4, -0.2) is 6.21 Å². The SMILES string of the molecule is C(=NOCc1ccccc1-c1ccccc1)c1ccccc1. The van der Waals surface area contributed by atoms with Gasteiger partial charge in [0.15, 0.2) is 0 Å². The summed E-state index contributed by atoms with van der Waals surface area (Å²) in [5.41, 5.74) is 4.52. The van der Waals surface area contributed by atoms with Crippen LogP contribution < -0.4 is 0 Å². The zero-order chi connectivity index (χ0) is 15.0. The molecule has 108 valence electrons. The van der Waals surface area contributed by atoms with Crippen molar-refractivity contribution in [1.29, 1.82) is 0 Å². The van der Waals surface area contributed by atoms with Crippen molar-refractivity contribution in [2.75, 3.05) is 0 Å². The first-order valence-electron chi connectivity index (χ1n) is 7.27. The van der Waals surface area contributed by atoms with Crippen LogP contribution in [-0.2, 0) is 11.4 Å². The van der Waals surface area contributed by atoms with Gasteiger partial charge in [-0.05, 0) is 22.3 Å². The molecule has 0 atom stereocenters. The third kappa shape index (κ3) is 3.61. The average Bonchev–Trinajstić information content (AvgIpc) is 2.61. The highest BCUT2D eigenvalue weighted by molar-refractivity contribution is 5.78. The molecule has 3 rings (SSSR count). The quantitative estimate of drug-likeness (QED) is 0.483. The Labute approximate surface area is 130 Å². The lowest BCUT2D eigenvalue weighted by molar-refractivity contribution is 0.132. The van der Waals surface area contributed by atoms with Gasteiger partial charge in [0.05, 0.1) is 6.21 Å². The molecule has 3 aromatic rings. The number of hydrogen-bond acceptors (Lipinski definition) is 2. The second-order valence-electron chi connectivity index (χ2n) is 4.94. The molecule has 0 unspecified atom stereocenters. The van der Waals surface area contributed by atoms with Gasteiger partial charge in [0.2, 0.25) is 0 Å².